The Labute approximate surface area is 87.5 Å². The van der Waals surface area contributed by atoms with Gasteiger partial charge in [0.05, 0.1) is 0 Å². The Bertz CT molecular complexity index is 308. The van der Waals surface area contributed by atoms with E-state index in [1.54, 1.807) is 18.2 Å². The van der Waals surface area contributed by atoms with E-state index >= 15 is 0 Å². The van der Waals surface area contributed by atoms with Gasteiger partial charge >= 0.3 is 0 Å². The van der Waals surface area contributed by atoms with Crippen molar-refractivity contribution in [1.82, 2.24) is 5.43 Å². The molecule has 2 nitrogen and oxygen atoms in total. The van der Waals surface area contributed by atoms with Crippen LogP contribution < -0.4 is 11.3 Å². The summed E-state index contributed by atoms with van der Waals surface area (Å²) in [5.74, 6) is 4.92. The Kier molecular flexibility index (Phi) is 4.07. The Morgan fingerprint density at radius 3 is 2.86 bits per heavy atom. The normalized spacial score (nSPS) is 12.5. The van der Waals surface area contributed by atoms with E-state index in [-0.39, 0.29) is 11.9 Å². The zero-order chi connectivity index (χ0) is 10.6. The van der Waals surface area contributed by atoms with E-state index in [2.05, 4.69) is 12.0 Å². The van der Waals surface area contributed by atoms with E-state index in [4.69, 9.17) is 17.4 Å². The van der Waals surface area contributed by atoms with Gasteiger partial charge in [0.1, 0.15) is 5.82 Å². The maximum atomic E-state index is 13.3. The quantitative estimate of drug-likeness (QED) is 0.457. The van der Waals surface area contributed by atoms with Crippen molar-refractivity contribution in [3.63, 3.8) is 0 Å². The average molecular weight is 215 g/mol. The smallest absolute Gasteiger partial charge is 0.127 e. The highest BCUT2D eigenvalue weighted by Gasteiger charge is 2.10. The molecular formula is C10H12ClFN2. The van der Waals surface area contributed by atoms with Crippen LogP contribution >= 0.6 is 11.6 Å². The van der Waals surface area contributed by atoms with Gasteiger partial charge in [-0.25, -0.2) is 4.39 Å². The van der Waals surface area contributed by atoms with E-state index in [0.717, 1.165) is 0 Å². The third-order valence-corrected chi connectivity index (χ3v) is 2.34. The molecule has 1 aromatic carbocycles. The van der Waals surface area contributed by atoms with Gasteiger partial charge in [0.15, 0.2) is 0 Å². The second-order valence-corrected chi connectivity index (χ2v) is 3.32. The van der Waals surface area contributed by atoms with Gasteiger partial charge in [-0.1, -0.05) is 23.7 Å². The van der Waals surface area contributed by atoms with Crippen LogP contribution in [0, 0.1) is 5.82 Å². The summed E-state index contributed by atoms with van der Waals surface area (Å²) in [5, 5.41) is 0.409. The lowest BCUT2D eigenvalue weighted by Gasteiger charge is -2.12. The van der Waals surface area contributed by atoms with Crippen molar-refractivity contribution < 1.29 is 4.39 Å². The molecule has 0 aliphatic heterocycles. The summed E-state index contributed by atoms with van der Waals surface area (Å²) in [7, 11) is 0. The highest BCUT2D eigenvalue weighted by atomic mass is 35.5. The molecule has 0 bridgehead atoms. The largest absolute Gasteiger partial charge is 0.271 e. The lowest BCUT2D eigenvalue weighted by molar-refractivity contribution is 0.571. The monoisotopic (exact) mass is 214 g/mol. The number of hydrogen-bond donors (Lipinski definition) is 2. The van der Waals surface area contributed by atoms with Crippen molar-refractivity contribution in [3.8, 4) is 0 Å². The number of rotatable bonds is 4. The van der Waals surface area contributed by atoms with Crippen LogP contribution in [0.2, 0.25) is 5.02 Å². The van der Waals surface area contributed by atoms with Crippen LogP contribution in [-0.2, 0) is 6.42 Å². The molecule has 0 heterocycles. The van der Waals surface area contributed by atoms with Crippen molar-refractivity contribution in [2.45, 2.75) is 12.5 Å². The highest BCUT2D eigenvalue weighted by molar-refractivity contribution is 6.31. The van der Waals surface area contributed by atoms with Crippen molar-refractivity contribution in [3.05, 3.63) is 47.3 Å². The average Bonchev–Trinajstić information content (AvgIpc) is 2.18. The third-order valence-electron chi connectivity index (χ3n) is 1.98. The lowest BCUT2D eigenvalue weighted by atomic mass is 10.1. The highest BCUT2D eigenvalue weighted by Crippen LogP contribution is 2.20. The number of halogens is 2. The minimum atomic E-state index is -0.320. The van der Waals surface area contributed by atoms with Gasteiger partial charge in [-0.3, -0.25) is 11.3 Å². The molecule has 0 aliphatic carbocycles. The summed E-state index contributed by atoms with van der Waals surface area (Å²) >= 11 is 5.84. The molecule has 1 aromatic rings. The predicted molar refractivity (Wildman–Crippen MR) is 56.4 cm³/mol. The molecule has 0 spiro atoms. The van der Waals surface area contributed by atoms with Gasteiger partial charge in [-0.2, -0.15) is 0 Å². The van der Waals surface area contributed by atoms with Crippen LogP contribution in [0.25, 0.3) is 0 Å². The topological polar surface area (TPSA) is 38.0 Å². The molecule has 0 aromatic heterocycles. The van der Waals surface area contributed by atoms with E-state index in [1.165, 1.54) is 6.07 Å². The summed E-state index contributed by atoms with van der Waals surface area (Å²) in [4.78, 5) is 0. The molecule has 0 saturated heterocycles. The number of nitrogens with one attached hydrogen (secondary N) is 1. The zero-order valence-electron chi connectivity index (χ0n) is 7.63. The molecule has 76 valence electrons. The van der Waals surface area contributed by atoms with Crippen LogP contribution in [0.4, 0.5) is 4.39 Å². The van der Waals surface area contributed by atoms with Gasteiger partial charge in [0.2, 0.25) is 0 Å². The fourth-order valence-electron chi connectivity index (χ4n) is 1.16. The zero-order valence-corrected chi connectivity index (χ0v) is 8.39. The Morgan fingerprint density at radius 1 is 1.64 bits per heavy atom. The summed E-state index contributed by atoms with van der Waals surface area (Å²) in [5.41, 5.74) is 2.97. The number of nitrogens with two attached hydrogens (primary N) is 1. The number of hydrogen-bond acceptors (Lipinski definition) is 2. The molecular weight excluding hydrogens is 203 g/mol. The first kappa shape index (κ1) is 11.2. The van der Waals surface area contributed by atoms with E-state index in [0.29, 0.717) is 17.0 Å². The van der Waals surface area contributed by atoms with E-state index < -0.39 is 0 Å². The fourth-order valence-corrected chi connectivity index (χ4v) is 1.40. The maximum absolute atomic E-state index is 13.3. The van der Waals surface area contributed by atoms with E-state index in [9.17, 15) is 4.39 Å². The molecule has 0 fully saturated rings. The number of benzene rings is 1. The summed E-state index contributed by atoms with van der Waals surface area (Å²) in [6, 6.07) is 4.42. The minimum absolute atomic E-state index is 0.176. The van der Waals surface area contributed by atoms with Crippen LogP contribution in [-0.4, -0.2) is 6.04 Å². The first-order valence-electron chi connectivity index (χ1n) is 4.20. The molecule has 4 heteroatoms. The first-order valence-corrected chi connectivity index (χ1v) is 4.58. The molecule has 0 radical (unpaired) electrons. The number of hydrazine groups is 1. The third kappa shape index (κ3) is 2.54. The van der Waals surface area contributed by atoms with Crippen LogP contribution in [0.3, 0.4) is 0 Å². The van der Waals surface area contributed by atoms with Gasteiger partial charge < -0.3 is 0 Å². The summed E-state index contributed by atoms with van der Waals surface area (Å²) in [6.45, 7) is 3.58. The second kappa shape index (κ2) is 5.10. The Hall–Kier alpha value is -0.900. The second-order valence-electron chi connectivity index (χ2n) is 2.91. The first-order chi connectivity index (χ1) is 6.69. The van der Waals surface area contributed by atoms with E-state index in [1.807, 2.05) is 0 Å². The Balaban J connectivity index is 2.89. The van der Waals surface area contributed by atoms with Crippen LogP contribution in [0.1, 0.15) is 5.56 Å². The van der Waals surface area contributed by atoms with Crippen LogP contribution in [0.5, 0.6) is 0 Å². The maximum Gasteiger partial charge on any atom is 0.127 e. The summed E-state index contributed by atoms with van der Waals surface area (Å²) in [6.07, 6.45) is 2.01. The van der Waals surface area contributed by atoms with Crippen molar-refractivity contribution >= 4 is 11.6 Å². The van der Waals surface area contributed by atoms with Gasteiger partial charge in [-0.05, 0) is 18.6 Å². The standard InChI is InChI=1S/C10H12ClFN2/c1-2-7(14-13)6-8-9(11)4-3-5-10(8)12/h2-5,7,14H,1,6,13H2. The SMILES string of the molecule is C=CC(Cc1c(F)cccc1Cl)NN. The van der Waals surface area contributed by atoms with Gasteiger partial charge in [0.25, 0.3) is 0 Å². The molecule has 3 N–H and O–H groups in total. The molecule has 0 amide bonds. The fraction of sp³-hybridized carbons (Fsp3) is 0.200. The Morgan fingerprint density at radius 2 is 2.36 bits per heavy atom. The van der Waals surface area contributed by atoms with Crippen molar-refractivity contribution in [2.75, 3.05) is 0 Å². The molecule has 1 unspecified atom stereocenters. The minimum Gasteiger partial charge on any atom is -0.271 e. The van der Waals surface area contributed by atoms with Gasteiger partial charge in [0, 0.05) is 16.6 Å². The molecule has 1 atom stereocenters. The van der Waals surface area contributed by atoms with Gasteiger partial charge in [-0.15, -0.1) is 6.58 Å². The molecule has 0 saturated carbocycles. The lowest BCUT2D eigenvalue weighted by Crippen LogP contribution is -2.35. The molecule has 0 aliphatic rings. The van der Waals surface area contributed by atoms with Crippen molar-refractivity contribution in [2.24, 2.45) is 5.84 Å². The molecule has 1 rings (SSSR count). The summed E-state index contributed by atoms with van der Waals surface area (Å²) < 4.78 is 13.3. The predicted octanol–water partition coefficient (Wildman–Crippen LogP) is 2.04. The van der Waals surface area contributed by atoms with Crippen LogP contribution in [0.15, 0.2) is 30.9 Å². The van der Waals surface area contributed by atoms with Crippen molar-refractivity contribution in [1.29, 1.82) is 0 Å². The molecule has 14 heavy (non-hydrogen) atoms.